The van der Waals surface area contributed by atoms with Crippen LogP contribution in [-0.2, 0) is 4.74 Å². The third-order valence-corrected chi connectivity index (χ3v) is 5.69. The first-order chi connectivity index (χ1) is 15.1. The van der Waals surface area contributed by atoms with Gasteiger partial charge in [0.15, 0.2) is 5.82 Å². The van der Waals surface area contributed by atoms with Gasteiger partial charge >= 0.3 is 0 Å². The van der Waals surface area contributed by atoms with Crippen LogP contribution in [0.15, 0.2) is 30.3 Å². The second kappa shape index (κ2) is 8.35. The number of para-hydroxylation sites is 2. The van der Waals surface area contributed by atoms with Crippen LogP contribution in [-0.4, -0.2) is 58.0 Å². The molecule has 0 radical (unpaired) electrons. The molecule has 1 aromatic carbocycles. The number of imidazole rings is 1. The minimum absolute atomic E-state index is 0.0515. The molecule has 0 bridgehead atoms. The first kappa shape index (κ1) is 20.1. The Labute approximate surface area is 178 Å². The van der Waals surface area contributed by atoms with Crippen molar-refractivity contribution in [3.8, 4) is 11.7 Å². The van der Waals surface area contributed by atoms with Crippen molar-refractivity contribution < 1.29 is 18.3 Å². The van der Waals surface area contributed by atoms with Crippen LogP contribution in [0.4, 0.5) is 14.7 Å². The average molecular weight is 430 g/mol. The molecule has 2 aliphatic rings. The Morgan fingerprint density at radius 1 is 1.10 bits per heavy atom. The van der Waals surface area contributed by atoms with Crippen LogP contribution in [0.5, 0.6) is 5.88 Å². The number of benzene rings is 1. The fraction of sp³-hybridized carbons (Fsp3) is 0.476. The van der Waals surface area contributed by atoms with Gasteiger partial charge in [-0.1, -0.05) is 12.1 Å². The van der Waals surface area contributed by atoms with E-state index in [0.717, 1.165) is 19.3 Å². The first-order valence-corrected chi connectivity index (χ1v) is 10.5. The highest BCUT2D eigenvalue weighted by molar-refractivity contribution is 5.78. The fourth-order valence-corrected chi connectivity index (χ4v) is 4.16. The SMILES string of the molecule is NC1CCC(Oc2cc(-n3c(C(F)F)nc4ccccc43)nc(N3CCOCC3)n2)C1. The maximum Gasteiger partial charge on any atom is 0.296 e. The molecule has 5 rings (SSSR count). The summed E-state index contributed by atoms with van der Waals surface area (Å²) in [5.41, 5.74) is 7.05. The molecule has 10 heteroatoms. The monoisotopic (exact) mass is 430 g/mol. The number of halogens is 2. The highest BCUT2D eigenvalue weighted by Crippen LogP contribution is 2.30. The first-order valence-electron chi connectivity index (χ1n) is 10.5. The van der Waals surface area contributed by atoms with Gasteiger partial charge in [-0.3, -0.25) is 4.57 Å². The van der Waals surface area contributed by atoms with E-state index in [9.17, 15) is 8.78 Å². The van der Waals surface area contributed by atoms with Crippen LogP contribution in [0.25, 0.3) is 16.9 Å². The Bertz CT molecular complexity index is 1070. The van der Waals surface area contributed by atoms with Gasteiger partial charge in [0.25, 0.3) is 6.43 Å². The van der Waals surface area contributed by atoms with Gasteiger partial charge in [0, 0.05) is 25.2 Å². The highest BCUT2D eigenvalue weighted by atomic mass is 19.3. The van der Waals surface area contributed by atoms with Gasteiger partial charge in [0.2, 0.25) is 11.8 Å². The quantitative estimate of drug-likeness (QED) is 0.666. The molecule has 2 aromatic heterocycles. The third kappa shape index (κ3) is 4.05. The molecule has 0 amide bonds. The van der Waals surface area contributed by atoms with Gasteiger partial charge in [-0.25, -0.2) is 13.8 Å². The van der Waals surface area contributed by atoms with Gasteiger partial charge in [-0.05, 0) is 31.4 Å². The zero-order valence-electron chi connectivity index (χ0n) is 17.0. The fourth-order valence-electron chi connectivity index (χ4n) is 4.16. The van der Waals surface area contributed by atoms with Crippen molar-refractivity contribution in [3.05, 3.63) is 36.2 Å². The summed E-state index contributed by atoms with van der Waals surface area (Å²) >= 11 is 0. The number of aromatic nitrogens is 4. The number of ether oxygens (including phenoxy) is 2. The molecule has 164 valence electrons. The zero-order valence-corrected chi connectivity index (χ0v) is 17.0. The molecule has 1 saturated heterocycles. The van der Waals surface area contributed by atoms with Gasteiger partial charge in [0.1, 0.15) is 11.9 Å². The minimum atomic E-state index is -2.76. The molecule has 2 atom stereocenters. The van der Waals surface area contributed by atoms with E-state index in [1.807, 2.05) is 4.90 Å². The van der Waals surface area contributed by atoms with Crippen LogP contribution in [0.3, 0.4) is 0 Å². The van der Waals surface area contributed by atoms with E-state index in [2.05, 4.69) is 15.0 Å². The Kier molecular flexibility index (Phi) is 5.41. The minimum Gasteiger partial charge on any atom is -0.474 e. The van der Waals surface area contributed by atoms with E-state index in [4.69, 9.17) is 15.2 Å². The molecule has 31 heavy (non-hydrogen) atoms. The van der Waals surface area contributed by atoms with Crippen molar-refractivity contribution in [1.82, 2.24) is 19.5 Å². The molecule has 2 fully saturated rings. The number of hydrogen-bond acceptors (Lipinski definition) is 7. The summed E-state index contributed by atoms with van der Waals surface area (Å²) in [6.07, 6.45) is -0.344. The van der Waals surface area contributed by atoms with E-state index in [-0.39, 0.29) is 18.0 Å². The molecule has 1 saturated carbocycles. The molecule has 1 aliphatic carbocycles. The number of hydrogen-bond donors (Lipinski definition) is 1. The Morgan fingerprint density at radius 2 is 1.90 bits per heavy atom. The number of rotatable bonds is 5. The lowest BCUT2D eigenvalue weighted by Crippen LogP contribution is -2.37. The molecular formula is C21H24F2N6O2. The molecule has 3 heterocycles. The highest BCUT2D eigenvalue weighted by Gasteiger charge is 2.26. The summed E-state index contributed by atoms with van der Waals surface area (Å²) < 4.78 is 40.7. The van der Waals surface area contributed by atoms with Crippen LogP contribution < -0.4 is 15.4 Å². The van der Waals surface area contributed by atoms with Crippen molar-refractivity contribution in [3.63, 3.8) is 0 Å². The van der Waals surface area contributed by atoms with Crippen molar-refractivity contribution in [2.75, 3.05) is 31.2 Å². The molecule has 0 spiro atoms. The van der Waals surface area contributed by atoms with Crippen molar-refractivity contribution in [1.29, 1.82) is 0 Å². The van der Waals surface area contributed by atoms with Crippen molar-refractivity contribution >= 4 is 17.0 Å². The molecule has 3 aromatic rings. The second-order valence-corrected chi connectivity index (χ2v) is 7.87. The summed E-state index contributed by atoms with van der Waals surface area (Å²) in [6, 6.07) is 8.73. The molecule has 1 aliphatic heterocycles. The van der Waals surface area contributed by atoms with Crippen LogP contribution >= 0.6 is 0 Å². The zero-order chi connectivity index (χ0) is 21.4. The van der Waals surface area contributed by atoms with Crippen molar-refractivity contribution in [2.45, 2.75) is 37.8 Å². The molecule has 8 nitrogen and oxygen atoms in total. The molecule has 2 unspecified atom stereocenters. The van der Waals surface area contributed by atoms with Crippen LogP contribution in [0.2, 0.25) is 0 Å². The Hall–Kier alpha value is -2.85. The lowest BCUT2D eigenvalue weighted by atomic mass is 10.3. The largest absolute Gasteiger partial charge is 0.474 e. The summed E-state index contributed by atoms with van der Waals surface area (Å²) in [5, 5.41) is 0. The molecular weight excluding hydrogens is 406 g/mol. The van der Waals surface area contributed by atoms with Crippen LogP contribution in [0, 0.1) is 0 Å². The van der Waals surface area contributed by atoms with Crippen LogP contribution in [0.1, 0.15) is 31.5 Å². The van der Waals surface area contributed by atoms with E-state index in [0.29, 0.717) is 55.0 Å². The van der Waals surface area contributed by atoms with E-state index in [1.54, 1.807) is 30.3 Å². The summed E-state index contributed by atoms with van der Waals surface area (Å²) in [5.74, 6) is 0.721. The van der Waals surface area contributed by atoms with Gasteiger partial charge in [-0.2, -0.15) is 9.97 Å². The average Bonchev–Trinajstić information content (AvgIpc) is 3.37. The molecule has 2 N–H and O–H groups in total. The van der Waals surface area contributed by atoms with Gasteiger partial charge < -0.3 is 20.1 Å². The normalized spacial score (nSPS) is 21.9. The smallest absolute Gasteiger partial charge is 0.296 e. The van der Waals surface area contributed by atoms with E-state index >= 15 is 0 Å². The second-order valence-electron chi connectivity index (χ2n) is 7.87. The maximum absolute atomic E-state index is 13.9. The van der Waals surface area contributed by atoms with Crippen molar-refractivity contribution in [2.24, 2.45) is 5.73 Å². The van der Waals surface area contributed by atoms with E-state index in [1.165, 1.54) is 4.57 Å². The maximum atomic E-state index is 13.9. The lowest BCUT2D eigenvalue weighted by molar-refractivity contribution is 0.121. The number of alkyl halides is 2. The topological polar surface area (TPSA) is 91.3 Å². The Balaban J connectivity index is 1.61. The standard InChI is InChI=1S/C21H24F2N6O2/c22-19(23)20-25-15-3-1-2-4-16(15)29(20)17-12-18(31-14-6-5-13(24)11-14)27-21(26-17)28-7-9-30-10-8-28/h1-4,12-14,19H,5-11,24H2. The lowest BCUT2D eigenvalue weighted by Gasteiger charge is -2.27. The van der Waals surface area contributed by atoms with Gasteiger partial charge in [0.05, 0.1) is 24.2 Å². The predicted octanol–water partition coefficient (Wildman–Crippen LogP) is 2.85. The summed E-state index contributed by atoms with van der Waals surface area (Å²) in [4.78, 5) is 15.3. The third-order valence-electron chi connectivity index (χ3n) is 5.69. The number of nitrogens with two attached hydrogens (primary N) is 1. The summed E-state index contributed by atoms with van der Waals surface area (Å²) in [6.45, 7) is 2.34. The number of morpholine rings is 1. The number of fused-ring (bicyclic) bond motifs is 1. The number of anilines is 1. The number of nitrogens with zero attached hydrogens (tertiary/aromatic N) is 5. The Morgan fingerprint density at radius 3 is 2.65 bits per heavy atom. The van der Waals surface area contributed by atoms with E-state index < -0.39 is 6.43 Å². The summed E-state index contributed by atoms with van der Waals surface area (Å²) in [7, 11) is 0. The van der Waals surface area contributed by atoms with Gasteiger partial charge in [-0.15, -0.1) is 0 Å². The predicted molar refractivity (Wildman–Crippen MR) is 111 cm³/mol.